The summed E-state index contributed by atoms with van der Waals surface area (Å²) in [5, 5.41) is 8.56. The van der Waals surface area contributed by atoms with Gasteiger partial charge in [0.1, 0.15) is 0 Å². The summed E-state index contributed by atoms with van der Waals surface area (Å²) in [6.45, 7) is 5.09. The van der Waals surface area contributed by atoms with Gasteiger partial charge in [-0.05, 0) is 37.6 Å². The summed E-state index contributed by atoms with van der Waals surface area (Å²) < 4.78 is 2.00. The van der Waals surface area contributed by atoms with Crippen LogP contribution in [0.5, 0.6) is 0 Å². The third kappa shape index (κ3) is 3.07. The quantitative estimate of drug-likeness (QED) is 0.722. The lowest BCUT2D eigenvalue weighted by molar-refractivity contribution is 0.0767. The van der Waals surface area contributed by atoms with Crippen molar-refractivity contribution in [2.45, 2.75) is 13.3 Å². The first-order valence-corrected chi connectivity index (χ1v) is 8.63. The molecule has 0 radical (unpaired) electrons. The molecule has 6 heteroatoms. The molecule has 0 unspecified atom stereocenters. The Morgan fingerprint density at radius 3 is 2.80 bits per heavy atom. The van der Waals surface area contributed by atoms with Crippen LogP contribution in [0.4, 0.5) is 5.95 Å². The van der Waals surface area contributed by atoms with E-state index >= 15 is 0 Å². The average molecular weight is 335 g/mol. The lowest BCUT2D eigenvalue weighted by Crippen LogP contribution is -2.35. The molecule has 1 saturated heterocycles. The molecule has 0 N–H and O–H groups in total. The SMILES string of the molecule is Cc1cccc(C(=O)N2CCCN(c3nnc4ccccn34)CC2)c1. The largest absolute Gasteiger partial charge is 0.339 e. The van der Waals surface area contributed by atoms with E-state index in [4.69, 9.17) is 0 Å². The number of pyridine rings is 1. The van der Waals surface area contributed by atoms with Gasteiger partial charge in [0.2, 0.25) is 5.95 Å². The first-order chi connectivity index (χ1) is 12.2. The van der Waals surface area contributed by atoms with Crippen molar-refractivity contribution in [3.8, 4) is 0 Å². The number of carbonyl (C=O) groups is 1. The first-order valence-electron chi connectivity index (χ1n) is 8.63. The molecule has 1 aliphatic rings. The van der Waals surface area contributed by atoms with Gasteiger partial charge in [0.25, 0.3) is 5.91 Å². The highest BCUT2D eigenvalue weighted by atomic mass is 16.2. The van der Waals surface area contributed by atoms with Crippen molar-refractivity contribution in [3.05, 3.63) is 59.8 Å². The van der Waals surface area contributed by atoms with Crippen LogP contribution in [0.1, 0.15) is 22.3 Å². The number of hydrogen-bond donors (Lipinski definition) is 0. The van der Waals surface area contributed by atoms with Crippen molar-refractivity contribution in [3.63, 3.8) is 0 Å². The Morgan fingerprint density at radius 2 is 1.92 bits per heavy atom. The fourth-order valence-electron chi connectivity index (χ4n) is 3.33. The van der Waals surface area contributed by atoms with Gasteiger partial charge >= 0.3 is 0 Å². The van der Waals surface area contributed by atoms with Gasteiger partial charge in [0.05, 0.1) is 0 Å². The standard InChI is InChI=1S/C19H21N5O/c1-15-6-4-7-16(14-15)18(25)22-9-5-10-23(13-12-22)19-21-20-17-8-2-3-11-24(17)19/h2-4,6-8,11,14H,5,9-10,12-13H2,1H3. The Bertz CT molecular complexity index is 903. The zero-order chi connectivity index (χ0) is 17.2. The van der Waals surface area contributed by atoms with Gasteiger partial charge in [-0.3, -0.25) is 9.20 Å². The van der Waals surface area contributed by atoms with Gasteiger partial charge in [-0.1, -0.05) is 23.8 Å². The van der Waals surface area contributed by atoms with Crippen LogP contribution in [0, 0.1) is 6.92 Å². The number of anilines is 1. The second kappa shape index (κ2) is 6.55. The van der Waals surface area contributed by atoms with Crippen LogP contribution in [0.15, 0.2) is 48.7 Å². The molecule has 1 aromatic carbocycles. The first kappa shape index (κ1) is 15.6. The van der Waals surface area contributed by atoms with Crippen LogP contribution in [0.25, 0.3) is 5.65 Å². The summed E-state index contributed by atoms with van der Waals surface area (Å²) in [7, 11) is 0. The van der Waals surface area contributed by atoms with E-state index in [0.29, 0.717) is 6.54 Å². The van der Waals surface area contributed by atoms with E-state index in [1.807, 2.05) is 64.9 Å². The number of aromatic nitrogens is 3. The molecule has 0 atom stereocenters. The molecule has 3 heterocycles. The molecule has 128 valence electrons. The molecule has 0 saturated carbocycles. The van der Waals surface area contributed by atoms with Gasteiger partial charge in [-0.15, -0.1) is 10.2 Å². The van der Waals surface area contributed by atoms with E-state index in [1.54, 1.807) is 0 Å². The predicted molar refractivity (Wildman–Crippen MR) is 96.9 cm³/mol. The third-order valence-corrected chi connectivity index (χ3v) is 4.63. The Labute approximate surface area is 146 Å². The zero-order valence-electron chi connectivity index (χ0n) is 14.3. The fraction of sp³-hybridized carbons (Fsp3) is 0.316. The molecule has 0 aliphatic carbocycles. The van der Waals surface area contributed by atoms with Crippen molar-refractivity contribution in [2.24, 2.45) is 0 Å². The minimum atomic E-state index is 0.108. The lowest BCUT2D eigenvalue weighted by Gasteiger charge is -2.22. The van der Waals surface area contributed by atoms with Gasteiger partial charge in [0, 0.05) is 37.9 Å². The minimum absolute atomic E-state index is 0.108. The second-order valence-corrected chi connectivity index (χ2v) is 6.43. The third-order valence-electron chi connectivity index (χ3n) is 4.63. The molecule has 1 fully saturated rings. The molecule has 6 nitrogen and oxygen atoms in total. The zero-order valence-corrected chi connectivity index (χ0v) is 14.3. The Morgan fingerprint density at radius 1 is 1.00 bits per heavy atom. The molecule has 2 aromatic heterocycles. The average Bonchev–Trinajstić information content (AvgIpc) is 2.91. The van der Waals surface area contributed by atoms with Gasteiger partial charge in [-0.25, -0.2) is 0 Å². The Balaban J connectivity index is 1.51. The molecular weight excluding hydrogens is 314 g/mol. The van der Waals surface area contributed by atoms with Crippen LogP contribution in [-0.2, 0) is 0 Å². The van der Waals surface area contributed by atoms with Gasteiger partial charge in [-0.2, -0.15) is 0 Å². The Hall–Kier alpha value is -2.89. The van der Waals surface area contributed by atoms with E-state index in [0.717, 1.165) is 48.8 Å². The van der Waals surface area contributed by atoms with Gasteiger partial charge < -0.3 is 9.80 Å². The maximum Gasteiger partial charge on any atom is 0.253 e. The second-order valence-electron chi connectivity index (χ2n) is 6.43. The fourth-order valence-corrected chi connectivity index (χ4v) is 3.33. The highest BCUT2D eigenvalue weighted by molar-refractivity contribution is 5.94. The monoisotopic (exact) mass is 335 g/mol. The van der Waals surface area contributed by atoms with Crippen molar-refractivity contribution >= 4 is 17.5 Å². The van der Waals surface area contributed by atoms with Crippen molar-refractivity contribution in [2.75, 3.05) is 31.1 Å². The van der Waals surface area contributed by atoms with Crippen LogP contribution in [-0.4, -0.2) is 51.6 Å². The summed E-state index contributed by atoms with van der Waals surface area (Å²) in [5.74, 6) is 0.956. The number of benzene rings is 1. The van der Waals surface area contributed by atoms with Crippen LogP contribution in [0.2, 0.25) is 0 Å². The summed E-state index contributed by atoms with van der Waals surface area (Å²) in [4.78, 5) is 16.9. The maximum atomic E-state index is 12.8. The van der Waals surface area contributed by atoms with Crippen LogP contribution in [0.3, 0.4) is 0 Å². The highest BCUT2D eigenvalue weighted by Crippen LogP contribution is 2.17. The number of fused-ring (bicyclic) bond motifs is 1. The smallest absolute Gasteiger partial charge is 0.253 e. The van der Waals surface area contributed by atoms with E-state index in [-0.39, 0.29) is 5.91 Å². The van der Waals surface area contributed by atoms with Crippen LogP contribution >= 0.6 is 0 Å². The Kier molecular flexibility index (Phi) is 4.09. The van der Waals surface area contributed by atoms with Crippen molar-refractivity contribution in [1.82, 2.24) is 19.5 Å². The number of aryl methyl sites for hydroxylation is 1. The minimum Gasteiger partial charge on any atom is -0.339 e. The lowest BCUT2D eigenvalue weighted by atomic mass is 10.1. The van der Waals surface area contributed by atoms with Crippen LogP contribution < -0.4 is 4.90 Å². The number of rotatable bonds is 2. The van der Waals surface area contributed by atoms with E-state index in [9.17, 15) is 4.79 Å². The molecule has 0 bridgehead atoms. The summed E-state index contributed by atoms with van der Waals surface area (Å²) in [5.41, 5.74) is 2.72. The predicted octanol–water partition coefficient (Wildman–Crippen LogP) is 2.39. The molecule has 4 rings (SSSR count). The van der Waals surface area contributed by atoms with Gasteiger partial charge in [0.15, 0.2) is 5.65 Å². The van der Waals surface area contributed by atoms with E-state index in [2.05, 4.69) is 15.1 Å². The van der Waals surface area contributed by atoms with Crippen molar-refractivity contribution < 1.29 is 4.79 Å². The summed E-state index contributed by atoms with van der Waals surface area (Å²) >= 11 is 0. The van der Waals surface area contributed by atoms with E-state index < -0.39 is 0 Å². The van der Waals surface area contributed by atoms with E-state index in [1.165, 1.54) is 0 Å². The number of hydrogen-bond acceptors (Lipinski definition) is 4. The summed E-state index contributed by atoms with van der Waals surface area (Å²) in [6, 6.07) is 13.7. The molecule has 3 aromatic rings. The van der Waals surface area contributed by atoms with Crippen molar-refractivity contribution in [1.29, 1.82) is 0 Å². The normalized spacial score (nSPS) is 15.4. The number of amides is 1. The molecule has 25 heavy (non-hydrogen) atoms. The number of nitrogens with zero attached hydrogens (tertiary/aromatic N) is 5. The highest BCUT2D eigenvalue weighted by Gasteiger charge is 2.22. The molecule has 1 aliphatic heterocycles. The number of carbonyl (C=O) groups excluding carboxylic acids is 1. The molecule has 0 spiro atoms. The molecule has 1 amide bonds. The summed E-state index contributed by atoms with van der Waals surface area (Å²) in [6.07, 6.45) is 2.89. The topological polar surface area (TPSA) is 53.7 Å². The molecular formula is C19H21N5O. The maximum absolute atomic E-state index is 12.8.